The van der Waals surface area contributed by atoms with Gasteiger partial charge in [-0.1, -0.05) is 12.8 Å². The van der Waals surface area contributed by atoms with E-state index in [0.29, 0.717) is 12.1 Å². The Balaban J connectivity index is 2.06. The van der Waals surface area contributed by atoms with Crippen LogP contribution in [0.5, 0.6) is 0 Å². The number of hydrogen-bond donors (Lipinski definition) is 1. The Morgan fingerprint density at radius 3 is 2.53 bits per heavy atom. The molecular weight excluding hydrogens is 210 g/mol. The summed E-state index contributed by atoms with van der Waals surface area (Å²) in [5, 5.41) is 3.61. The van der Waals surface area contributed by atoms with E-state index in [1.165, 1.54) is 25.7 Å². The summed E-state index contributed by atoms with van der Waals surface area (Å²) in [5.74, 6) is 1.87. The molecule has 2 rings (SSSR count). The van der Waals surface area contributed by atoms with Crippen molar-refractivity contribution in [2.45, 2.75) is 65.5 Å². The number of hydrogen-bond acceptors (Lipinski definition) is 2. The molecule has 0 spiro atoms. The van der Waals surface area contributed by atoms with Crippen LogP contribution < -0.4 is 5.32 Å². The van der Waals surface area contributed by atoms with Crippen LogP contribution in [0.25, 0.3) is 0 Å². The summed E-state index contributed by atoms with van der Waals surface area (Å²) >= 11 is 0. The molecule has 17 heavy (non-hydrogen) atoms. The van der Waals surface area contributed by atoms with Crippen LogP contribution in [0.15, 0.2) is 6.20 Å². The minimum atomic E-state index is 0.467. The van der Waals surface area contributed by atoms with Gasteiger partial charge in [-0.3, -0.25) is 0 Å². The zero-order valence-electron chi connectivity index (χ0n) is 11.5. The molecule has 1 aliphatic rings. The quantitative estimate of drug-likeness (QED) is 0.861. The Bertz CT molecular complexity index is 362. The lowest BCUT2D eigenvalue weighted by Gasteiger charge is -2.22. The van der Waals surface area contributed by atoms with Gasteiger partial charge in [0.1, 0.15) is 0 Å². The predicted molar refractivity (Wildman–Crippen MR) is 72.4 cm³/mol. The summed E-state index contributed by atoms with van der Waals surface area (Å²) < 4.78 is 2.24. The molecule has 1 heterocycles. The highest BCUT2D eigenvalue weighted by molar-refractivity contribution is 5.31. The molecular formula is C14H25N3. The van der Waals surface area contributed by atoms with Gasteiger partial charge in [0.2, 0.25) is 5.95 Å². The maximum atomic E-state index is 4.60. The molecule has 0 amide bonds. The molecule has 0 saturated heterocycles. The van der Waals surface area contributed by atoms with Crippen molar-refractivity contribution < 1.29 is 0 Å². The third kappa shape index (κ3) is 2.82. The summed E-state index contributed by atoms with van der Waals surface area (Å²) in [6.07, 6.45) is 7.67. The molecule has 0 aromatic carbocycles. The first-order valence-corrected chi connectivity index (χ1v) is 6.90. The first-order chi connectivity index (χ1) is 8.08. The predicted octanol–water partition coefficient (Wildman–Crippen LogP) is 3.76. The number of nitrogens with zero attached hydrogens (tertiary/aromatic N) is 2. The number of anilines is 1. The molecule has 1 saturated carbocycles. The Morgan fingerprint density at radius 2 is 1.94 bits per heavy atom. The molecule has 0 aliphatic heterocycles. The number of rotatable bonds is 4. The van der Waals surface area contributed by atoms with E-state index >= 15 is 0 Å². The molecule has 0 bridgehead atoms. The van der Waals surface area contributed by atoms with Gasteiger partial charge in [0.25, 0.3) is 0 Å². The molecule has 3 heteroatoms. The highest BCUT2D eigenvalue weighted by Crippen LogP contribution is 2.29. The molecule has 1 atom stereocenters. The second kappa shape index (κ2) is 5.11. The van der Waals surface area contributed by atoms with E-state index in [1.807, 2.05) is 0 Å². The first kappa shape index (κ1) is 12.5. The van der Waals surface area contributed by atoms with Gasteiger partial charge in [-0.25, -0.2) is 4.98 Å². The van der Waals surface area contributed by atoms with Crippen molar-refractivity contribution in [1.82, 2.24) is 9.55 Å². The van der Waals surface area contributed by atoms with Gasteiger partial charge in [0, 0.05) is 18.3 Å². The van der Waals surface area contributed by atoms with E-state index in [2.05, 4.69) is 48.8 Å². The lowest BCUT2D eigenvalue weighted by molar-refractivity contribution is 0.475. The van der Waals surface area contributed by atoms with Crippen molar-refractivity contribution >= 4 is 5.95 Å². The van der Waals surface area contributed by atoms with Crippen LogP contribution in [-0.4, -0.2) is 15.6 Å². The molecule has 1 fully saturated rings. The van der Waals surface area contributed by atoms with Crippen LogP contribution in [0.4, 0.5) is 5.95 Å². The Labute approximate surface area is 105 Å². The Hall–Kier alpha value is -0.990. The minimum absolute atomic E-state index is 0.467. The highest BCUT2D eigenvalue weighted by atomic mass is 15.2. The van der Waals surface area contributed by atoms with E-state index in [4.69, 9.17) is 0 Å². The van der Waals surface area contributed by atoms with Crippen LogP contribution >= 0.6 is 0 Å². The molecule has 1 aliphatic carbocycles. The maximum absolute atomic E-state index is 4.60. The summed E-state index contributed by atoms with van der Waals surface area (Å²) in [6, 6.07) is 1.01. The third-order valence-corrected chi connectivity index (χ3v) is 3.87. The molecule has 1 aromatic rings. The number of imidazole rings is 1. The molecule has 0 radical (unpaired) electrons. The van der Waals surface area contributed by atoms with E-state index in [1.54, 1.807) is 0 Å². The van der Waals surface area contributed by atoms with Gasteiger partial charge in [-0.2, -0.15) is 0 Å². The largest absolute Gasteiger partial charge is 0.353 e. The van der Waals surface area contributed by atoms with Crippen LogP contribution in [0.1, 0.15) is 58.2 Å². The number of aryl methyl sites for hydroxylation is 1. The summed E-state index contributed by atoms with van der Waals surface area (Å²) in [5.41, 5.74) is 1.10. The van der Waals surface area contributed by atoms with Gasteiger partial charge in [0.15, 0.2) is 0 Å². The molecule has 1 aromatic heterocycles. The average Bonchev–Trinajstić information content (AvgIpc) is 2.86. The fraction of sp³-hybridized carbons (Fsp3) is 0.786. The average molecular weight is 235 g/mol. The van der Waals surface area contributed by atoms with E-state index in [9.17, 15) is 0 Å². The van der Waals surface area contributed by atoms with Crippen LogP contribution in [0, 0.1) is 12.8 Å². The van der Waals surface area contributed by atoms with Gasteiger partial charge in [0.05, 0.1) is 5.69 Å². The summed E-state index contributed by atoms with van der Waals surface area (Å²) in [7, 11) is 0. The fourth-order valence-electron chi connectivity index (χ4n) is 2.80. The second-order valence-electron chi connectivity index (χ2n) is 5.68. The SMILES string of the molecule is Cc1cn(C(C)C)c(NC(C)C2CCCC2)n1. The van der Waals surface area contributed by atoms with Crippen molar-refractivity contribution in [2.24, 2.45) is 5.92 Å². The zero-order valence-corrected chi connectivity index (χ0v) is 11.5. The van der Waals surface area contributed by atoms with Crippen LogP contribution in [0.3, 0.4) is 0 Å². The van der Waals surface area contributed by atoms with Gasteiger partial charge in [-0.05, 0) is 46.5 Å². The number of nitrogens with one attached hydrogen (secondary N) is 1. The molecule has 3 nitrogen and oxygen atoms in total. The van der Waals surface area contributed by atoms with Gasteiger partial charge < -0.3 is 9.88 Å². The standard InChI is InChI=1S/C14H25N3/c1-10(2)17-9-11(3)15-14(17)16-12(4)13-7-5-6-8-13/h9-10,12-13H,5-8H2,1-4H3,(H,15,16). The van der Waals surface area contributed by atoms with Crippen molar-refractivity contribution in [2.75, 3.05) is 5.32 Å². The minimum Gasteiger partial charge on any atom is -0.353 e. The topological polar surface area (TPSA) is 29.9 Å². The van der Waals surface area contributed by atoms with Crippen molar-refractivity contribution in [3.63, 3.8) is 0 Å². The molecule has 96 valence electrons. The summed E-state index contributed by atoms with van der Waals surface area (Å²) in [6.45, 7) is 8.76. The van der Waals surface area contributed by atoms with Crippen LogP contribution in [0.2, 0.25) is 0 Å². The molecule has 1 unspecified atom stereocenters. The van der Waals surface area contributed by atoms with Gasteiger partial charge in [-0.15, -0.1) is 0 Å². The van der Waals surface area contributed by atoms with Crippen molar-refractivity contribution in [3.8, 4) is 0 Å². The van der Waals surface area contributed by atoms with E-state index < -0.39 is 0 Å². The zero-order chi connectivity index (χ0) is 12.4. The molecule has 1 N–H and O–H groups in total. The van der Waals surface area contributed by atoms with E-state index in [-0.39, 0.29) is 0 Å². The first-order valence-electron chi connectivity index (χ1n) is 6.90. The van der Waals surface area contributed by atoms with Gasteiger partial charge >= 0.3 is 0 Å². The van der Waals surface area contributed by atoms with Crippen molar-refractivity contribution in [3.05, 3.63) is 11.9 Å². The number of aromatic nitrogens is 2. The van der Waals surface area contributed by atoms with E-state index in [0.717, 1.165) is 17.6 Å². The summed E-state index contributed by atoms with van der Waals surface area (Å²) in [4.78, 5) is 4.60. The lowest BCUT2D eigenvalue weighted by Crippen LogP contribution is -2.26. The highest BCUT2D eigenvalue weighted by Gasteiger charge is 2.22. The fourth-order valence-corrected chi connectivity index (χ4v) is 2.80. The van der Waals surface area contributed by atoms with Crippen molar-refractivity contribution in [1.29, 1.82) is 0 Å². The normalized spacial score (nSPS) is 18.9. The maximum Gasteiger partial charge on any atom is 0.203 e. The third-order valence-electron chi connectivity index (χ3n) is 3.87. The monoisotopic (exact) mass is 235 g/mol. The smallest absolute Gasteiger partial charge is 0.203 e. The second-order valence-corrected chi connectivity index (χ2v) is 5.68. The Kier molecular flexibility index (Phi) is 3.75. The lowest BCUT2D eigenvalue weighted by atomic mass is 10.0. The van der Waals surface area contributed by atoms with Crippen LogP contribution in [-0.2, 0) is 0 Å². The Morgan fingerprint density at radius 1 is 1.29 bits per heavy atom.